The summed E-state index contributed by atoms with van der Waals surface area (Å²) in [6.45, 7) is -0.507. The van der Waals surface area contributed by atoms with Gasteiger partial charge in [0.05, 0.1) is 16.8 Å². The number of ether oxygens (including phenoxy) is 1. The van der Waals surface area contributed by atoms with E-state index in [-0.39, 0.29) is 5.69 Å². The predicted octanol–water partition coefficient (Wildman–Crippen LogP) is 1.46. The molecule has 6 nitrogen and oxygen atoms in total. The first-order valence-electron chi connectivity index (χ1n) is 6.72. The second-order valence-electron chi connectivity index (χ2n) is 4.99. The van der Waals surface area contributed by atoms with Crippen molar-refractivity contribution in [2.45, 2.75) is 12.8 Å². The van der Waals surface area contributed by atoms with Gasteiger partial charge < -0.3 is 4.74 Å². The number of halogens is 3. The number of hydrogen-bond donors (Lipinski definition) is 0. The monoisotopic (exact) mass is 342 g/mol. The largest absolute Gasteiger partial charge is 0.456 e. The highest BCUT2D eigenvalue weighted by Gasteiger charge is 2.35. The van der Waals surface area contributed by atoms with Gasteiger partial charge in [0.15, 0.2) is 0 Å². The first kappa shape index (κ1) is 17.5. The molecule has 2 aromatic rings. The van der Waals surface area contributed by atoms with Crippen LogP contribution in [0.3, 0.4) is 0 Å². The van der Waals surface area contributed by atoms with Gasteiger partial charge in [0, 0.05) is 20.2 Å². The first-order chi connectivity index (χ1) is 11.1. The van der Waals surface area contributed by atoms with Crippen molar-refractivity contribution < 1.29 is 22.7 Å². The fourth-order valence-corrected chi connectivity index (χ4v) is 2.04. The van der Waals surface area contributed by atoms with E-state index in [2.05, 4.69) is 0 Å². The van der Waals surface area contributed by atoms with Crippen molar-refractivity contribution in [1.82, 2.24) is 9.13 Å². The summed E-state index contributed by atoms with van der Waals surface area (Å²) < 4.78 is 45.4. The van der Waals surface area contributed by atoms with E-state index in [0.29, 0.717) is 0 Å². The molecule has 0 aliphatic rings. The molecule has 2 rings (SSSR count). The van der Waals surface area contributed by atoms with E-state index in [1.807, 2.05) is 0 Å². The normalized spacial score (nSPS) is 11.4. The minimum atomic E-state index is -4.70. The van der Waals surface area contributed by atoms with Gasteiger partial charge in [-0.2, -0.15) is 13.2 Å². The van der Waals surface area contributed by atoms with E-state index in [1.165, 1.54) is 20.2 Å². The molecule has 1 heterocycles. The number of esters is 1. The molecule has 0 atom stereocenters. The lowest BCUT2D eigenvalue weighted by Gasteiger charge is -2.13. The predicted molar refractivity (Wildman–Crippen MR) is 77.5 cm³/mol. The Kier molecular flexibility index (Phi) is 4.63. The molecule has 0 aliphatic heterocycles. The lowest BCUT2D eigenvalue weighted by Crippen LogP contribution is -2.38. The van der Waals surface area contributed by atoms with E-state index in [4.69, 9.17) is 4.74 Å². The Morgan fingerprint density at radius 2 is 1.75 bits per heavy atom. The van der Waals surface area contributed by atoms with Crippen LogP contribution in [0.1, 0.15) is 21.6 Å². The number of carbonyl (C=O) groups is 1. The highest BCUT2D eigenvalue weighted by molar-refractivity contribution is 5.91. The van der Waals surface area contributed by atoms with Crippen LogP contribution in [0.5, 0.6) is 0 Å². The van der Waals surface area contributed by atoms with Gasteiger partial charge in [0.25, 0.3) is 5.56 Å². The van der Waals surface area contributed by atoms with Crippen molar-refractivity contribution in [3.8, 4) is 0 Å². The maximum absolute atomic E-state index is 12.9. The summed E-state index contributed by atoms with van der Waals surface area (Å²) in [6, 6.07) is 5.27. The molecule has 0 saturated heterocycles. The molecule has 0 N–H and O–H groups in total. The van der Waals surface area contributed by atoms with Crippen LogP contribution < -0.4 is 11.2 Å². The van der Waals surface area contributed by atoms with E-state index in [1.54, 1.807) is 0 Å². The van der Waals surface area contributed by atoms with Gasteiger partial charge in [-0.05, 0) is 12.1 Å². The highest BCUT2D eigenvalue weighted by Crippen LogP contribution is 2.32. The molecule has 0 saturated carbocycles. The molecule has 24 heavy (non-hydrogen) atoms. The summed E-state index contributed by atoms with van der Waals surface area (Å²) in [7, 11) is 2.63. The molecule has 0 aliphatic carbocycles. The number of hydrogen-bond acceptors (Lipinski definition) is 4. The molecule has 0 radical (unpaired) electrons. The highest BCUT2D eigenvalue weighted by atomic mass is 19.4. The lowest BCUT2D eigenvalue weighted by molar-refractivity contribution is -0.138. The van der Waals surface area contributed by atoms with Crippen molar-refractivity contribution in [2.24, 2.45) is 14.1 Å². The van der Waals surface area contributed by atoms with Crippen LogP contribution in [0.2, 0.25) is 0 Å². The van der Waals surface area contributed by atoms with Crippen molar-refractivity contribution >= 4 is 5.97 Å². The summed E-state index contributed by atoms with van der Waals surface area (Å²) in [6.07, 6.45) is -4.70. The average Bonchev–Trinajstić information content (AvgIpc) is 2.54. The van der Waals surface area contributed by atoms with Crippen molar-refractivity contribution in [2.75, 3.05) is 0 Å². The smallest absolute Gasteiger partial charge is 0.417 e. The number of alkyl halides is 3. The van der Waals surface area contributed by atoms with Gasteiger partial charge in [0.2, 0.25) is 0 Å². The summed E-state index contributed by atoms with van der Waals surface area (Å²) in [5, 5.41) is 0. The van der Waals surface area contributed by atoms with Crippen LogP contribution in [-0.2, 0) is 31.6 Å². The Labute approximate surface area is 133 Å². The molecule has 0 amide bonds. The molecule has 0 unspecified atom stereocenters. The zero-order valence-corrected chi connectivity index (χ0v) is 12.8. The van der Waals surface area contributed by atoms with Gasteiger partial charge in [-0.1, -0.05) is 12.1 Å². The Hall–Kier alpha value is -2.84. The molecule has 0 bridgehead atoms. The Balaban J connectivity index is 2.28. The minimum absolute atomic E-state index is 0.0703. The van der Waals surface area contributed by atoms with Gasteiger partial charge in [-0.3, -0.25) is 13.9 Å². The van der Waals surface area contributed by atoms with Crippen LogP contribution in [0, 0.1) is 0 Å². The van der Waals surface area contributed by atoms with Gasteiger partial charge in [-0.15, -0.1) is 0 Å². The lowest BCUT2D eigenvalue weighted by atomic mass is 10.1. The van der Waals surface area contributed by atoms with Crippen LogP contribution in [-0.4, -0.2) is 15.1 Å². The Bertz CT molecular complexity index is 897. The van der Waals surface area contributed by atoms with Gasteiger partial charge in [-0.25, -0.2) is 9.59 Å². The Morgan fingerprint density at radius 1 is 1.12 bits per heavy atom. The third-order valence-electron chi connectivity index (χ3n) is 3.43. The van der Waals surface area contributed by atoms with Crippen LogP contribution >= 0.6 is 0 Å². The van der Waals surface area contributed by atoms with E-state index in [0.717, 1.165) is 33.4 Å². The molecule has 1 aromatic heterocycles. The fraction of sp³-hybridized carbons (Fsp3) is 0.267. The minimum Gasteiger partial charge on any atom is -0.456 e. The molecule has 1 aromatic carbocycles. The average molecular weight is 342 g/mol. The standard InChI is InChI=1S/C15H13F3N2O4/c1-19-9(7-12(21)20(2)14(19)23)8-24-13(22)10-5-3-4-6-11(10)15(16,17)18/h3-7H,8H2,1-2H3. The third-order valence-corrected chi connectivity index (χ3v) is 3.43. The van der Waals surface area contributed by atoms with Crippen LogP contribution in [0.4, 0.5) is 13.2 Å². The molecule has 128 valence electrons. The van der Waals surface area contributed by atoms with E-state index < -0.39 is 41.1 Å². The fourth-order valence-electron chi connectivity index (χ4n) is 2.04. The Morgan fingerprint density at radius 3 is 2.38 bits per heavy atom. The zero-order valence-electron chi connectivity index (χ0n) is 12.8. The molecule has 0 spiro atoms. The maximum atomic E-state index is 12.9. The molecular formula is C15H13F3N2O4. The van der Waals surface area contributed by atoms with E-state index >= 15 is 0 Å². The third kappa shape index (κ3) is 3.39. The van der Waals surface area contributed by atoms with Crippen LogP contribution in [0.15, 0.2) is 39.9 Å². The van der Waals surface area contributed by atoms with E-state index in [9.17, 15) is 27.6 Å². The summed E-state index contributed by atoms with van der Waals surface area (Å²) >= 11 is 0. The molecule has 0 fully saturated rings. The quantitative estimate of drug-likeness (QED) is 0.792. The number of rotatable bonds is 3. The zero-order chi connectivity index (χ0) is 18.1. The number of nitrogens with zero attached hydrogens (tertiary/aromatic N) is 2. The molecule has 9 heteroatoms. The summed E-state index contributed by atoms with van der Waals surface area (Å²) in [4.78, 5) is 35.3. The second kappa shape index (κ2) is 6.34. The van der Waals surface area contributed by atoms with Gasteiger partial charge >= 0.3 is 17.8 Å². The number of aromatic nitrogens is 2. The second-order valence-corrected chi connectivity index (χ2v) is 4.99. The van der Waals surface area contributed by atoms with Gasteiger partial charge in [0.1, 0.15) is 6.61 Å². The number of carbonyl (C=O) groups excluding carboxylic acids is 1. The summed E-state index contributed by atoms with van der Waals surface area (Å²) in [5.41, 5.74) is -2.93. The number of benzene rings is 1. The van der Waals surface area contributed by atoms with Crippen LogP contribution in [0.25, 0.3) is 0 Å². The topological polar surface area (TPSA) is 70.3 Å². The van der Waals surface area contributed by atoms with Crippen molar-refractivity contribution in [3.63, 3.8) is 0 Å². The summed E-state index contributed by atoms with van der Waals surface area (Å²) in [5.74, 6) is -1.20. The van der Waals surface area contributed by atoms with Crippen molar-refractivity contribution in [1.29, 1.82) is 0 Å². The van der Waals surface area contributed by atoms with Crippen molar-refractivity contribution in [3.05, 3.63) is 68.0 Å². The SMILES string of the molecule is Cn1c(COC(=O)c2ccccc2C(F)(F)F)cc(=O)n(C)c1=O. The maximum Gasteiger partial charge on any atom is 0.417 e. The first-order valence-corrected chi connectivity index (χ1v) is 6.72. The molecular weight excluding hydrogens is 329 g/mol.